The molecular weight excluding hydrogens is 375 g/mol. The zero-order valence-corrected chi connectivity index (χ0v) is 16.4. The van der Waals surface area contributed by atoms with E-state index in [1.54, 1.807) is 30.1 Å². The number of fused-ring (bicyclic) bond motifs is 1. The minimum Gasteiger partial charge on any atom is -0.309 e. The molecule has 0 aliphatic rings. The Morgan fingerprint density at radius 3 is 2.40 bits per heavy atom. The molecule has 25 heavy (non-hydrogen) atoms. The van der Waals surface area contributed by atoms with Gasteiger partial charge in [-0.05, 0) is 51.3 Å². The van der Waals surface area contributed by atoms with E-state index >= 15 is 0 Å². The second-order valence-electron chi connectivity index (χ2n) is 5.85. The van der Waals surface area contributed by atoms with E-state index in [1.165, 1.54) is 0 Å². The Hall–Kier alpha value is -1.40. The maximum atomic E-state index is 6.13. The Labute approximate surface area is 161 Å². The fourth-order valence-corrected chi connectivity index (χ4v) is 3.59. The first kappa shape index (κ1) is 18.4. The molecule has 0 aliphatic heterocycles. The maximum absolute atomic E-state index is 6.13. The van der Waals surface area contributed by atoms with Gasteiger partial charge in [0.25, 0.3) is 0 Å². The van der Waals surface area contributed by atoms with Crippen LogP contribution in [0.2, 0.25) is 10.0 Å². The molecule has 2 aromatic heterocycles. The Morgan fingerprint density at radius 1 is 1.04 bits per heavy atom. The van der Waals surface area contributed by atoms with E-state index < -0.39 is 0 Å². The molecule has 0 aliphatic carbocycles. The molecule has 1 aromatic carbocycles. The van der Waals surface area contributed by atoms with Crippen molar-refractivity contribution in [1.82, 2.24) is 19.9 Å². The predicted octanol–water partition coefficient (Wildman–Crippen LogP) is 5.04. The first-order valence-electron chi connectivity index (χ1n) is 7.90. The number of thioether (sulfide) groups is 1. The zero-order chi connectivity index (χ0) is 17.8. The minimum absolute atomic E-state index is 0.474. The van der Waals surface area contributed by atoms with E-state index in [4.69, 9.17) is 33.2 Å². The van der Waals surface area contributed by atoms with Crippen molar-refractivity contribution in [2.24, 2.45) is 0 Å². The summed E-state index contributed by atoms with van der Waals surface area (Å²) in [5, 5.41) is 1.82. The van der Waals surface area contributed by atoms with E-state index in [0.717, 1.165) is 40.6 Å². The van der Waals surface area contributed by atoms with E-state index in [9.17, 15) is 0 Å². The largest absolute Gasteiger partial charge is 0.309 e. The van der Waals surface area contributed by atoms with E-state index in [-0.39, 0.29) is 0 Å². The minimum atomic E-state index is 0.474. The highest BCUT2D eigenvalue weighted by atomic mass is 35.5. The second kappa shape index (κ2) is 8.32. The van der Waals surface area contributed by atoms with Gasteiger partial charge in [-0.1, -0.05) is 29.3 Å². The van der Waals surface area contributed by atoms with Crippen LogP contribution in [-0.2, 0) is 0 Å². The topological polar surface area (TPSA) is 41.9 Å². The van der Waals surface area contributed by atoms with E-state index in [1.807, 2.05) is 18.2 Å². The van der Waals surface area contributed by atoms with Crippen LogP contribution in [0, 0.1) is 0 Å². The third-order valence-corrected chi connectivity index (χ3v) is 5.34. The first-order valence-corrected chi connectivity index (χ1v) is 9.64. The molecule has 4 nitrogen and oxygen atoms in total. The van der Waals surface area contributed by atoms with Crippen molar-refractivity contribution in [1.29, 1.82) is 0 Å². The summed E-state index contributed by atoms with van der Waals surface area (Å²) < 4.78 is 0. The van der Waals surface area contributed by atoms with Gasteiger partial charge in [0.05, 0.1) is 26.8 Å². The van der Waals surface area contributed by atoms with Crippen molar-refractivity contribution in [2.45, 2.75) is 11.4 Å². The molecule has 2 heterocycles. The van der Waals surface area contributed by atoms with Gasteiger partial charge < -0.3 is 4.90 Å². The molecule has 0 amide bonds. The molecule has 7 heteroatoms. The van der Waals surface area contributed by atoms with Crippen molar-refractivity contribution in [3.63, 3.8) is 0 Å². The van der Waals surface area contributed by atoms with Gasteiger partial charge in [0.15, 0.2) is 0 Å². The molecule has 3 aromatic rings. The van der Waals surface area contributed by atoms with Gasteiger partial charge in [-0.2, -0.15) is 0 Å². The second-order valence-corrected chi connectivity index (χ2v) is 7.75. The molecular formula is C18H18Cl2N4S. The van der Waals surface area contributed by atoms with Crippen LogP contribution >= 0.6 is 35.0 Å². The summed E-state index contributed by atoms with van der Waals surface area (Å²) >= 11 is 14.0. The van der Waals surface area contributed by atoms with Gasteiger partial charge in [0.1, 0.15) is 10.7 Å². The highest BCUT2D eigenvalue weighted by molar-refractivity contribution is 7.99. The highest BCUT2D eigenvalue weighted by Gasteiger charge is 2.14. The number of benzene rings is 1. The van der Waals surface area contributed by atoms with Crippen LogP contribution in [0.3, 0.4) is 0 Å². The van der Waals surface area contributed by atoms with Gasteiger partial charge in [0, 0.05) is 11.9 Å². The van der Waals surface area contributed by atoms with Crippen LogP contribution in [0.1, 0.15) is 6.42 Å². The third kappa shape index (κ3) is 4.61. The molecule has 0 saturated heterocycles. The summed E-state index contributed by atoms with van der Waals surface area (Å²) in [5.74, 6) is 0.958. The van der Waals surface area contributed by atoms with Crippen molar-refractivity contribution in [3.05, 3.63) is 46.6 Å². The standard InChI is InChI=1S/C18H18Cl2N4S/c1-24(2)8-5-9-25-18-17(14-6-3-4-7-21-14)22-15-10-12(19)13(20)11-16(15)23-18/h3-4,6-7,10-11H,5,8-9H2,1-2H3. The lowest BCUT2D eigenvalue weighted by Crippen LogP contribution is -2.13. The van der Waals surface area contributed by atoms with Crippen LogP contribution in [0.15, 0.2) is 41.6 Å². The Kier molecular flexibility index (Phi) is 6.12. The average Bonchev–Trinajstić information content (AvgIpc) is 2.60. The number of nitrogens with zero attached hydrogens (tertiary/aromatic N) is 4. The number of rotatable bonds is 6. The van der Waals surface area contributed by atoms with Crippen molar-refractivity contribution < 1.29 is 0 Å². The van der Waals surface area contributed by atoms with Crippen LogP contribution in [-0.4, -0.2) is 46.2 Å². The van der Waals surface area contributed by atoms with Crippen LogP contribution in [0.4, 0.5) is 0 Å². The Morgan fingerprint density at radius 2 is 1.76 bits per heavy atom. The molecule has 3 rings (SSSR count). The lowest BCUT2D eigenvalue weighted by molar-refractivity contribution is 0.410. The molecule has 0 atom stereocenters. The fourth-order valence-electron chi connectivity index (χ4n) is 2.36. The molecule has 0 spiro atoms. The monoisotopic (exact) mass is 392 g/mol. The summed E-state index contributed by atoms with van der Waals surface area (Å²) in [5.41, 5.74) is 3.04. The van der Waals surface area contributed by atoms with Gasteiger partial charge in [-0.15, -0.1) is 11.8 Å². The number of hydrogen-bond acceptors (Lipinski definition) is 5. The van der Waals surface area contributed by atoms with Crippen LogP contribution in [0.5, 0.6) is 0 Å². The van der Waals surface area contributed by atoms with E-state index in [0.29, 0.717) is 15.6 Å². The summed E-state index contributed by atoms with van der Waals surface area (Å²) in [6.07, 6.45) is 2.83. The smallest absolute Gasteiger partial charge is 0.125 e. The molecule has 0 bridgehead atoms. The van der Waals surface area contributed by atoms with Gasteiger partial charge >= 0.3 is 0 Å². The lowest BCUT2D eigenvalue weighted by Gasteiger charge is -2.11. The molecule has 0 fully saturated rings. The summed E-state index contributed by atoms with van der Waals surface area (Å²) in [6.45, 7) is 1.04. The predicted molar refractivity (Wildman–Crippen MR) is 107 cm³/mol. The summed E-state index contributed by atoms with van der Waals surface area (Å²) in [7, 11) is 4.15. The summed E-state index contributed by atoms with van der Waals surface area (Å²) in [4.78, 5) is 16.1. The Balaban J connectivity index is 2.00. The van der Waals surface area contributed by atoms with Gasteiger partial charge in [-0.25, -0.2) is 9.97 Å². The average molecular weight is 393 g/mol. The van der Waals surface area contributed by atoms with Crippen molar-refractivity contribution in [2.75, 3.05) is 26.4 Å². The Bertz CT molecular complexity index is 872. The van der Waals surface area contributed by atoms with Crippen molar-refractivity contribution in [3.8, 4) is 11.4 Å². The maximum Gasteiger partial charge on any atom is 0.125 e. The normalized spacial score (nSPS) is 11.4. The lowest BCUT2D eigenvalue weighted by atomic mass is 10.2. The number of pyridine rings is 1. The molecule has 0 N–H and O–H groups in total. The van der Waals surface area contributed by atoms with Gasteiger partial charge in [0.2, 0.25) is 0 Å². The molecule has 0 unspecified atom stereocenters. The van der Waals surface area contributed by atoms with Crippen molar-refractivity contribution >= 4 is 46.0 Å². The zero-order valence-electron chi connectivity index (χ0n) is 14.0. The number of halogens is 2. The van der Waals surface area contributed by atoms with Crippen LogP contribution in [0.25, 0.3) is 22.4 Å². The number of hydrogen-bond donors (Lipinski definition) is 0. The molecule has 0 radical (unpaired) electrons. The molecule has 0 saturated carbocycles. The third-order valence-electron chi connectivity index (χ3n) is 3.57. The highest BCUT2D eigenvalue weighted by Crippen LogP contribution is 2.32. The van der Waals surface area contributed by atoms with E-state index in [2.05, 4.69) is 24.0 Å². The molecule has 130 valence electrons. The quantitative estimate of drug-likeness (QED) is 0.433. The van der Waals surface area contributed by atoms with Gasteiger partial charge in [-0.3, -0.25) is 4.98 Å². The fraction of sp³-hybridized carbons (Fsp3) is 0.278. The first-order chi connectivity index (χ1) is 12.0. The number of aromatic nitrogens is 3. The summed E-state index contributed by atoms with van der Waals surface area (Å²) in [6, 6.07) is 9.29. The SMILES string of the molecule is CN(C)CCCSc1nc2cc(Cl)c(Cl)cc2nc1-c1ccccn1. The van der Waals surface area contributed by atoms with Crippen LogP contribution < -0.4 is 0 Å².